The van der Waals surface area contributed by atoms with Gasteiger partial charge in [0.25, 0.3) is 0 Å². The van der Waals surface area contributed by atoms with Crippen LogP contribution in [0.25, 0.3) is 0 Å². The molecular formula is C18H20FN3O2. The van der Waals surface area contributed by atoms with Gasteiger partial charge in [0.05, 0.1) is 6.04 Å². The Labute approximate surface area is 140 Å². The molecule has 126 valence electrons. The maximum Gasteiger partial charge on any atom is 0.316 e. The molecule has 0 saturated heterocycles. The molecule has 24 heavy (non-hydrogen) atoms. The number of benzene rings is 2. The topological polar surface area (TPSA) is 84.2 Å². The van der Waals surface area contributed by atoms with E-state index in [4.69, 9.17) is 5.73 Å². The van der Waals surface area contributed by atoms with E-state index >= 15 is 0 Å². The van der Waals surface area contributed by atoms with Crippen molar-refractivity contribution in [2.24, 2.45) is 5.73 Å². The van der Waals surface area contributed by atoms with Gasteiger partial charge in [0.1, 0.15) is 5.82 Å². The molecule has 0 aliphatic carbocycles. The van der Waals surface area contributed by atoms with E-state index in [2.05, 4.69) is 10.6 Å². The number of nitrogens with two attached hydrogens (primary N) is 1. The molecule has 3 amide bonds. The highest BCUT2D eigenvalue weighted by molar-refractivity contribution is 5.87. The van der Waals surface area contributed by atoms with E-state index in [-0.39, 0.29) is 24.2 Å². The highest BCUT2D eigenvalue weighted by Crippen LogP contribution is 2.16. The summed E-state index contributed by atoms with van der Waals surface area (Å²) in [7, 11) is 0. The summed E-state index contributed by atoms with van der Waals surface area (Å²) in [5.74, 6) is -0.444. The van der Waals surface area contributed by atoms with Crippen LogP contribution in [-0.4, -0.2) is 11.9 Å². The lowest BCUT2D eigenvalue weighted by Gasteiger charge is -2.15. The minimum absolute atomic E-state index is 0.148. The van der Waals surface area contributed by atoms with Crippen molar-refractivity contribution in [2.45, 2.75) is 25.8 Å². The maximum absolute atomic E-state index is 13.5. The third-order valence-electron chi connectivity index (χ3n) is 3.63. The van der Waals surface area contributed by atoms with Gasteiger partial charge in [-0.1, -0.05) is 30.3 Å². The predicted octanol–water partition coefficient (Wildman–Crippen LogP) is 3.13. The number of halogens is 1. The van der Waals surface area contributed by atoms with Crippen molar-refractivity contribution in [3.05, 3.63) is 65.5 Å². The Hall–Kier alpha value is -2.89. The van der Waals surface area contributed by atoms with Crippen molar-refractivity contribution >= 4 is 17.6 Å². The van der Waals surface area contributed by atoms with Gasteiger partial charge in [0.15, 0.2) is 0 Å². The van der Waals surface area contributed by atoms with Crippen LogP contribution in [-0.2, 0) is 11.2 Å². The quantitative estimate of drug-likeness (QED) is 0.761. The lowest BCUT2D eigenvalue weighted by molar-refractivity contribution is -0.121. The third kappa shape index (κ3) is 5.08. The minimum atomic E-state index is -0.628. The summed E-state index contributed by atoms with van der Waals surface area (Å²) in [5.41, 5.74) is 7.06. The molecule has 4 N–H and O–H groups in total. The molecule has 2 rings (SSSR count). The number of hydrogen-bond donors (Lipinski definition) is 3. The monoisotopic (exact) mass is 329 g/mol. The molecule has 5 nitrogen and oxygen atoms in total. The molecule has 0 bridgehead atoms. The van der Waals surface area contributed by atoms with Gasteiger partial charge in [-0.3, -0.25) is 4.79 Å². The maximum atomic E-state index is 13.5. The predicted molar refractivity (Wildman–Crippen MR) is 90.9 cm³/mol. The van der Waals surface area contributed by atoms with Gasteiger partial charge in [-0.05, 0) is 42.7 Å². The van der Waals surface area contributed by atoms with Crippen molar-refractivity contribution in [3.8, 4) is 0 Å². The van der Waals surface area contributed by atoms with Gasteiger partial charge >= 0.3 is 6.03 Å². The number of amides is 3. The first-order valence-electron chi connectivity index (χ1n) is 7.65. The van der Waals surface area contributed by atoms with Gasteiger partial charge in [-0.15, -0.1) is 0 Å². The Balaban J connectivity index is 1.87. The average molecular weight is 329 g/mol. The molecule has 0 saturated carbocycles. The Bertz CT molecular complexity index is 716. The fourth-order valence-corrected chi connectivity index (χ4v) is 2.34. The second-order valence-electron chi connectivity index (χ2n) is 5.49. The Morgan fingerprint density at radius 1 is 1.12 bits per heavy atom. The van der Waals surface area contributed by atoms with Crippen LogP contribution in [0.2, 0.25) is 0 Å². The number of aryl methyl sites for hydroxylation is 1. The fraction of sp³-hybridized carbons (Fsp3) is 0.222. The Morgan fingerprint density at radius 3 is 2.42 bits per heavy atom. The van der Waals surface area contributed by atoms with Gasteiger partial charge in [0, 0.05) is 12.1 Å². The summed E-state index contributed by atoms with van der Waals surface area (Å²) < 4.78 is 13.5. The third-order valence-corrected chi connectivity index (χ3v) is 3.63. The van der Waals surface area contributed by atoms with Crippen LogP contribution in [0.1, 0.15) is 30.5 Å². The summed E-state index contributed by atoms with van der Waals surface area (Å²) in [4.78, 5) is 22.8. The Morgan fingerprint density at radius 2 is 1.79 bits per heavy atom. The van der Waals surface area contributed by atoms with Gasteiger partial charge < -0.3 is 16.4 Å². The molecule has 0 aliphatic rings. The number of urea groups is 1. The zero-order valence-corrected chi connectivity index (χ0v) is 13.4. The molecule has 1 atom stereocenters. The summed E-state index contributed by atoms with van der Waals surface area (Å²) in [6.45, 7) is 1.86. The lowest BCUT2D eigenvalue weighted by Crippen LogP contribution is -2.27. The molecule has 0 aromatic heterocycles. The number of rotatable bonds is 6. The molecule has 6 heteroatoms. The second kappa shape index (κ2) is 8.10. The Kier molecular flexibility index (Phi) is 5.89. The smallest absolute Gasteiger partial charge is 0.316 e. The number of carbonyl (C=O) groups excluding carboxylic acids is 2. The first kappa shape index (κ1) is 17.5. The van der Waals surface area contributed by atoms with Gasteiger partial charge in [-0.25, -0.2) is 9.18 Å². The standard InChI is InChI=1S/C18H20FN3O2/c1-12(13-6-9-15(10-7-13)22-18(20)24)21-17(23)11-8-14-4-2-3-5-16(14)19/h2-7,9-10,12H,8,11H2,1H3,(H,21,23)(H3,20,22,24)/t12-/m0/s1. The molecular weight excluding hydrogens is 309 g/mol. The van der Waals surface area contributed by atoms with Crippen molar-refractivity contribution < 1.29 is 14.0 Å². The van der Waals surface area contributed by atoms with E-state index in [1.807, 2.05) is 6.92 Å². The van der Waals surface area contributed by atoms with Crippen LogP contribution in [0, 0.1) is 5.82 Å². The summed E-state index contributed by atoms with van der Waals surface area (Å²) >= 11 is 0. The average Bonchev–Trinajstić information content (AvgIpc) is 2.54. The second-order valence-corrected chi connectivity index (χ2v) is 5.49. The van der Waals surface area contributed by atoms with Crippen LogP contribution >= 0.6 is 0 Å². The van der Waals surface area contributed by atoms with Crippen molar-refractivity contribution in [1.82, 2.24) is 5.32 Å². The van der Waals surface area contributed by atoms with E-state index in [9.17, 15) is 14.0 Å². The van der Waals surface area contributed by atoms with Crippen LogP contribution in [0.5, 0.6) is 0 Å². The molecule has 0 radical (unpaired) electrons. The number of primary amides is 1. The number of anilines is 1. The lowest BCUT2D eigenvalue weighted by atomic mass is 10.1. The van der Waals surface area contributed by atoms with Crippen molar-refractivity contribution in [3.63, 3.8) is 0 Å². The van der Waals surface area contributed by atoms with Gasteiger partial charge in [0.2, 0.25) is 5.91 Å². The summed E-state index contributed by atoms with van der Waals surface area (Å²) in [6.07, 6.45) is 0.569. The van der Waals surface area contributed by atoms with Crippen LogP contribution in [0.15, 0.2) is 48.5 Å². The fourth-order valence-electron chi connectivity index (χ4n) is 2.34. The van der Waals surface area contributed by atoms with Crippen molar-refractivity contribution in [2.75, 3.05) is 5.32 Å². The largest absolute Gasteiger partial charge is 0.351 e. The van der Waals surface area contributed by atoms with Crippen LogP contribution < -0.4 is 16.4 Å². The zero-order valence-electron chi connectivity index (χ0n) is 13.4. The van der Waals surface area contributed by atoms with Crippen LogP contribution in [0.4, 0.5) is 14.9 Å². The SMILES string of the molecule is C[C@H](NC(=O)CCc1ccccc1F)c1ccc(NC(N)=O)cc1. The molecule has 2 aromatic rings. The molecule has 0 aliphatic heterocycles. The first-order valence-corrected chi connectivity index (χ1v) is 7.65. The van der Waals surface area contributed by atoms with E-state index in [1.165, 1.54) is 6.07 Å². The normalized spacial score (nSPS) is 11.6. The summed E-state index contributed by atoms with van der Waals surface area (Å²) in [5, 5.41) is 5.34. The van der Waals surface area contributed by atoms with E-state index in [1.54, 1.807) is 42.5 Å². The summed E-state index contributed by atoms with van der Waals surface area (Å²) in [6, 6.07) is 12.6. The first-order chi connectivity index (χ1) is 11.5. The molecule has 0 spiro atoms. The molecule has 0 heterocycles. The van der Waals surface area contributed by atoms with Gasteiger partial charge in [-0.2, -0.15) is 0 Å². The number of nitrogens with one attached hydrogen (secondary N) is 2. The molecule has 0 unspecified atom stereocenters. The minimum Gasteiger partial charge on any atom is -0.351 e. The zero-order chi connectivity index (χ0) is 17.5. The number of carbonyl (C=O) groups is 2. The van der Waals surface area contributed by atoms with Crippen LogP contribution in [0.3, 0.4) is 0 Å². The number of hydrogen-bond acceptors (Lipinski definition) is 2. The molecule has 0 fully saturated rings. The molecule has 2 aromatic carbocycles. The highest BCUT2D eigenvalue weighted by Gasteiger charge is 2.11. The van der Waals surface area contributed by atoms with E-state index in [0.29, 0.717) is 17.7 Å². The highest BCUT2D eigenvalue weighted by atomic mass is 19.1. The van der Waals surface area contributed by atoms with E-state index < -0.39 is 6.03 Å². The van der Waals surface area contributed by atoms with E-state index in [0.717, 1.165) is 5.56 Å². The van der Waals surface area contributed by atoms with Crippen molar-refractivity contribution in [1.29, 1.82) is 0 Å².